The zero-order valence-electron chi connectivity index (χ0n) is 11.7. The van der Waals surface area contributed by atoms with Crippen molar-refractivity contribution in [2.75, 3.05) is 0 Å². The van der Waals surface area contributed by atoms with Crippen LogP contribution < -0.4 is 20.4 Å². The summed E-state index contributed by atoms with van der Waals surface area (Å²) in [7, 11) is 0. The maximum absolute atomic E-state index is 8.89. The van der Waals surface area contributed by atoms with Crippen molar-refractivity contribution in [2.24, 2.45) is 0 Å². The molecule has 0 heterocycles. The summed E-state index contributed by atoms with van der Waals surface area (Å²) in [6.07, 6.45) is 0. The number of carboxylic acids is 4. The van der Waals surface area contributed by atoms with Crippen molar-refractivity contribution in [3.63, 3.8) is 0 Å². The minimum Gasteiger partial charge on any atom is -0.550 e. The van der Waals surface area contributed by atoms with Gasteiger partial charge in [-0.1, -0.05) is 0 Å². The molecule has 0 saturated carbocycles. The summed E-state index contributed by atoms with van der Waals surface area (Å²) in [5.41, 5.74) is 0. The van der Waals surface area contributed by atoms with Gasteiger partial charge in [-0.05, 0) is 27.7 Å². The van der Waals surface area contributed by atoms with Crippen molar-refractivity contribution in [1.82, 2.24) is 0 Å². The van der Waals surface area contributed by atoms with Crippen LogP contribution in [0.3, 0.4) is 0 Å². The fourth-order valence-electron chi connectivity index (χ4n) is 0. The predicted molar refractivity (Wildman–Crippen MR) is 57.2 cm³/mol. The van der Waals surface area contributed by atoms with Crippen LogP contribution in [0.2, 0.25) is 0 Å². The van der Waals surface area contributed by atoms with Gasteiger partial charge in [0.25, 0.3) is 0 Å². The first-order valence-electron chi connectivity index (χ1n) is 3.63. The van der Waals surface area contributed by atoms with Crippen molar-refractivity contribution >= 4 is 23.9 Å². The van der Waals surface area contributed by atoms with Gasteiger partial charge < -0.3 is 61.5 Å². The van der Waals surface area contributed by atoms with Gasteiger partial charge in [0, 0.05) is 23.9 Å². The van der Waals surface area contributed by atoms with Crippen LogP contribution in [-0.4, -0.2) is 45.8 Å². The Labute approximate surface area is 134 Å². The Balaban J connectivity index is -0.0000000121. The molecule has 0 atom stereocenters. The minimum absolute atomic E-state index is 0. The van der Waals surface area contributed by atoms with Crippen LogP contribution in [0, 0.1) is 0 Å². The molecule has 13 heteroatoms. The first kappa shape index (κ1) is 60.7. The fraction of sp³-hybridized carbons (Fsp3) is 0.500. The van der Waals surface area contributed by atoms with Gasteiger partial charge in [0.2, 0.25) is 0 Å². The van der Waals surface area contributed by atoms with Gasteiger partial charge >= 0.3 is 21.1 Å². The van der Waals surface area contributed by atoms with E-state index in [9.17, 15) is 0 Å². The molecule has 0 spiro atoms. The molecule has 0 aliphatic heterocycles. The van der Waals surface area contributed by atoms with E-state index in [0.717, 1.165) is 27.7 Å². The maximum Gasteiger partial charge on any atom is 4.00 e. The quantitative estimate of drug-likeness (QED) is 0.312. The second-order valence-electron chi connectivity index (χ2n) is 1.97. The minimum atomic E-state index is -1.08. The standard InChI is InChI=1S/4C2H4O2.4H2O.W/c4*1-2(3)4;;;;;/h4*1H3,(H,3,4);4*1H2;/q;;;;;;;;+4/p-4. The second kappa shape index (κ2) is 51.5. The number of aliphatic carboxylic acids is 4. The van der Waals surface area contributed by atoms with E-state index in [-0.39, 0.29) is 43.0 Å². The van der Waals surface area contributed by atoms with E-state index in [4.69, 9.17) is 39.6 Å². The van der Waals surface area contributed by atoms with Crippen molar-refractivity contribution in [3.05, 3.63) is 0 Å². The average molecular weight is 492 g/mol. The van der Waals surface area contributed by atoms with Crippen LogP contribution in [0.1, 0.15) is 27.7 Å². The molecule has 0 bridgehead atoms. The summed E-state index contributed by atoms with van der Waals surface area (Å²) in [5.74, 6) is -4.33. The summed E-state index contributed by atoms with van der Waals surface area (Å²) < 4.78 is 0. The van der Waals surface area contributed by atoms with Crippen LogP contribution in [0.15, 0.2) is 0 Å². The van der Waals surface area contributed by atoms with Gasteiger partial charge in [0.05, 0.1) is 0 Å². The van der Waals surface area contributed by atoms with Crippen LogP contribution in [-0.2, 0) is 40.2 Å². The van der Waals surface area contributed by atoms with Gasteiger partial charge in [-0.2, -0.15) is 0 Å². The molecule has 0 aromatic heterocycles. The van der Waals surface area contributed by atoms with E-state index in [2.05, 4.69) is 0 Å². The monoisotopic (exact) mass is 492 g/mol. The SMILES string of the molecule is CC(=O)[O-].CC(=O)[O-].CC(=O)[O-].CC(=O)[O-].O.O.O.O.[W+4]. The van der Waals surface area contributed by atoms with Crippen molar-refractivity contribution in [1.29, 1.82) is 0 Å². The molecule has 0 aliphatic rings. The Bertz CT molecular complexity index is 165. The molecule has 130 valence electrons. The number of hydrogen-bond donors (Lipinski definition) is 0. The van der Waals surface area contributed by atoms with Gasteiger partial charge in [-0.25, -0.2) is 0 Å². The third kappa shape index (κ3) is 1960. The Hall–Kier alpha value is -1.59. The van der Waals surface area contributed by atoms with Crippen molar-refractivity contribution in [2.45, 2.75) is 27.7 Å². The van der Waals surface area contributed by atoms with Gasteiger partial charge in [-0.3, -0.25) is 0 Å². The summed E-state index contributed by atoms with van der Waals surface area (Å²) in [6, 6.07) is 0. The fourth-order valence-corrected chi connectivity index (χ4v) is 0. The van der Waals surface area contributed by atoms with E-state index >= 15 is 0 Å². The third-order valence-electron chi connectivity index (χ3n) is 0. The summed E-state index contributed by atoms with van der Waals surface area (Å²) in [5, 5.41) is 35.6. The molecule has 0 saturated heterocycles. The van der Waals surface area contributed by atoms with Gasteiger partial charge in [0.1, 0.15) is 0 Å². The average Bonchev–Trinajstić information content (AvgIpc) is 1.76. The third-order valence-corrected chi connectivity index (χ3v) is 0. The molecule has 0 fully saturated rings. The molecule has 0 aromatic carbocycles. The van der Waals surface area contributed by atoms with Crippen LogP contribution in [0.25, 0.3) is 0 Å². The molecule has 21 heavy (non-hydrogen) atoms. The molecule has 0 rings (SSSR count). The van der Waals surface area contributed by atoms with E-state index in [1.807, 2.05) is 0 Å². The number of hydrogen-bond acceptors (Lipinski definition) is 8. The Morgan fingerprint density at radius 2 is 0.476 bits per heavy atom. The molecule has 0 aromatic rings. The topological polar surface area (TPSA) is 287 Å². The molecule has 0 amide bonds. The maximum atomic E-state index is 8.89. The Morgan fingerprint density at radius 3 is 0.476 bits per heavy atom. The zero-order valence-corrected chi connectivity index (χ0v) is 14.6. The number of carbonyl (C=O) groups excluding carboxylic acids is 4. The molecule has 12 nitrogen and oxygen atoms in total. The summed E-state index contributed by atoms with van der Waals surface area (Å²) >= 11 is 0. The number of rotatable bonds is 0. The smallest absolute Gasteiger partial charge is 0.550 e. The number of carbonyl (C=O) groups is 4. The first-order chi connectivity index (χ1) is 6.93. The summed E-state index contributed by atoms with van der Waals surface area (Å²) in [4.78, 5) is 35.6. The van der Waals surface area contributed by atoms with Crippen molar-refractivity contribution in [3.8, 4) is 0 Å². The van der Waals surface area contributed by atoms with Crippen molar-refractivity contribution < 1.29 is 82.6 Å². The van der Waals surface area contributed by atoms with Crippen LogP contribution in [0.5, 0.6) is 0 Å². The van der Waals surface area contributed by atoms with Gasteiger partial charge in [0.15, 0.2) is 0 Å². The van der Waals surface area contributed by atoms with Gasteiger partial charge in [-0.15, -0.1) is 0 Å². The van der Waals surface area contributed by atoms with E-state index in [1.54, 1.807) is 0 Å². The molecule has 8 N–H and O–H groups in total. The second-order valence-corrected chi connectivity index (χ2v) is 1.97. The predicted octanol–water partition coefficient (Wildman–Crippen LogP) is -8.28. The van der Waals surface area contributed by atoms with E-state index in [0.29, 0.717) is 0 Å². The molecular formula is C8H20O12W. The zero-order chi connectivity index (χ0) is 14.3. The summed E-state index contributed by atoms with van der Waals surface area (Å²) in [6.45, 7) is 3.89. The molecule has 0 unspecified atom stereocenters. The largest absolute Gasteiger partial charge is 4.00 e. The first-order valence-corrected chi connectivity index (χ1v) is 3.63. The normalized spacial score (nSPS) is 4.76. The molecular weight excluding hydrogens is 472 g/mol. The molecule has 0 aliphatic carbocycles. The molecule has 0 radical (unpaired) electrons. The van der Waals surface area contributed by atoms with E-state index < -0.39 is 23.9 Å². The van der Waals surface area contributed by atoms with E-state index in [1.165, 1.54) is 0 Å². The number of carboxylic acid groups (broad SMARTS) is 4. The van der Waals surface area contributed by atoms with Crippen LogP contribution in [0.4, 0.5) is 0 Å². The Kier molecular flexibility index (Phi) is 149. The Morgan fingerprint density at radius 1 is 0.476 bits per heavy atom. The van der Waals surface area contributed by atoms with Crippen LogP contribution >= 0.6 is 0 Å².